The fraction of sp³-hybridized carbons (Fsp3) is 0.318. The molecule has 144 valence electrons. The number of hydrogen-bond donors (Lipinski definition) is 2. The quantitative estimate of drug-likeness (QED) is 0.785. The molecule has 6 nitrogen and oxygen atoms in total. The Morgan fingerprint density at radius 3 is 2.64 bits per heavy atom. The number of aryl methyl sites for hydroxylation is 1. The van der Waals surface area contributed by atoms with Crippen molar-refractivity contribution in [3.8, 4) is 0 Å². The van der Waals surface area contributed by atoms with Crippen molar-refractivity contribution in [1.82, 2.24) is 15.5 Å². The standard InChI is InChI=1S/C22H23N3O3/c26-20(23-18-12-6-10-16-9-4-5-11-17(16)18)14-25-21(27)19(24-22(25)28)13-15-7-2-1-3-8-15/h1-5,7-9,11,18-19H,6,10,12-14H2,(H,23,26)(H,24,28)/t18-,19+/m1/s1. The van der Waals surface area contributed by atoms with Crippen molar-refractivity contribution in [2.45, 2.75) is 37.8 Å². The lowest BCUT2D eigenvalue weighted by Gasteiger charge is -2.27. The summed E-state index contributed by atoms with van der Waals surface area (Å²) in [6, 6.07) is 16.4. The van der Waals surface area contributed by atoms with E-state index >= 15 is 0 Å². The molecule has 0 unspecified atom stereocenters. The van der Waals surface area contributed by atoms with E-state index in [1.54, 1.807) is 0 Å². The Morgan fingerprint density at radius 1 is 1.07 bits per heavy atom. The Balaban J connectivity index is 1.38. The third-order valence-electron chi connectivity index (χ3n) is 5.40. The molecular formula is C22H23N3O3. The van der Waals surface area contributed by atoms with Crippen LogP contribution >= 0.6 is 0 Å². The molecule has 2 aromatic rings. The van der Waals surface area contributed by atoms with E-state index in [1.165, 1.54) is 5.56 Å². The molecule has 1 saturated heterocycles. The predicted molar refractivity (Wildman–Crippen MR) is 104 cm³/mol. The lowest BCUT2D eigenvalue weighted by Crippen LogP contribution is -2.42. The van der Waals surface area contributed by atoms with Crippen LogP contribution in [0.2, 0.25) is 0 Å². The number of rotatable bonds is 5. The van der Waals surface area contributed by atoms with E-state index in [0.717, 1.165) is 35.3 Å². The van der Waals surface area contributed by atoms with Gasteiger partial charge in [0, 0.05) is 6.42 Å². The lowest BCUT2D eigenvalue weighted by atomic mass is 9.88. The molecule has 1 fully saturated rings. The average Bonchev–Trinajstić information content (AvgIpc) is 2.96. The second-order valence-corrected chi connectivity index (χ2v) is 7.33. The first-order chi connectivity index (χ1) is 13.6. The van der Waals surface area contributed by atoms with Crippen LogP contribution in [-0.4, -0.2) is 35.3 Å². The average molecular weight is 377 g/mol. The van der Waals surface area contributed by atoms with Crippen LogP contribution in [0.15, 0.2) is 54.6 Å². The summed E-state index contributed by atoms with van der Waals surface area (Å²) < 4.78 is 0. The van der Waals surface area contributed by atoms with Crippen LogP contribution in [0.5, 0.6) is 0 Å². The summed E-state index contributed by atoms with van der Waals surface area (Å²) in [6.45, 7) is -0.255. The first-order valence-electron chi connectivity index (χ1n) is 9.65. The van der Waals surface area contributed by atoms with Crippen molar-refractivity contribution in [2.24, 2.45) is 0 Å². The lowest BCUT2D eigenvalue weighted by molar-refractivity contribution is -0.132. The molecule has 6 heteroatoms. The molecule has 2 aromatic carbocycles. The molecule has 0 radical (unpaired) electrons. The number of fused-ring (bicyclic) bond motifs is 1. The summed E-state index contributed by atoms with van der Waals surface area (Å²) in [7, 11) is 0. The number of benzene rings is 2. The summed E-state index contributed by atoms with van der Waals surface area (Å²) in [6.07, 6.45) is 3.29. The molecule has 1 heterocycles. The maximum atomic E-state index is 12.6. The van der Waals surface area contributed by atoms with Crippen LogP contribution in [0.1, 0.15) is 35.6 Å². The molecule has 0 aromatic heterocycles. The predicted octanol–water partition coefficient (Wildman–Crippen LogP) is 2.34. The molecule has 4 rings (SSSR count). The van der Waals surface area contributed by atoms with E-state index in [0.29, 0.717) is 6.42 Å². The molecule has 2 atom stereocenters. The van der Waals surface area contributed by atoms with Crippen molar-refractivity contribution in [2.75, 3.05) is 6.54 Å². The normalized spacial score (nSPS) is 21.2. The highest BCUT2D eigenvalue weighted by Crippen LogP contribution is 2.29. The van der Waals surface area contributed by atoms with Gasteiger partial charge in [0.25, 0.3) is 5.91 Å². The molecule has 2 N–H and O–H groups in total. The van der Waals surface area contributed by atoms with Gasteiger partial charge in [0.1, 0.15) is 12.6 Å². The fourth-order valence-electron chi connectivity index (χ4n) is 4.00. The number of amides is 4. The number of hydrogen-bond acceptors (Lipinski definition) is 3. The van der Waals surface area contributed by atoms with Gasteiger partial charge in [-0.1, -0.05) is 54.6 Å². The topological polar surface area (TPSA) is 78.5 Å². The van der Waals surface area contributed by atoms with Crippen LogP contribution in [0.4, 0.5) is 4.79 Å². The molecule has 0 bridgehead atoms. The van der Waals surface area contributed by atoms with Crippen molar-refractivity contribution >= 4 is 17.8 Å². The zero-order valence-electron chi connectivity index (χ0n) is 15.6. The van der Waals surface area contributed by atoms with Crippen molar-refractivity contribution in [3.05, 3.63) is 71.3 Å². The van der Waals surface area contributed by atoms with Gasteiger partial charge >= 0.3 is 6.03 Å². The van der Waals surface area contributed by atoms with Gasteiger partial charge < -0.3 is 10.6 Å². The van der Waals surface area contributed by atoms with Crippen molar-refractivity contribution in [3.63, 3.8) is 0 Å². The van der Waals surface area contributed by atoms with Gasteiger partial charge in [-0.05, 0) is 36.0 Å². The Labute approximate surface area is 163 Å². The first kappa shape index (κ1) is 18.2. The van der Waals surface area contributed by atoms with Gasteiger partial charge in [-0.15, -0.1) is 0 Å². The largest absolute Gasteiger partial charge is 0.348 e. The molecule has 1 aliphatic heterocycles. The summed E-state index contributed by atoms with van der Waals surface area (Å²) in [5.74, 6) is -0.668. The summed E-state index contributed by atoms with van der Waals surface area (Å²) in [4.78, 5) is 38.4. The SMILES string of the molecule is O=C(CN1C(=O)N[C@@H](Cc2ccccc2)C1=O)N[C@@H]1CCCc2ccccc21. The second kappa shape index (κ2) is 7.84. The van der Waals surface area contributed by atoms with Gasteiger partial charge in [0.2, 0.25) is 5.91 Å². The van der Waals surface area contributed by atoms with Crippen molar-refractivity contribution in [1.29, 1.82) is 0 Å². The Bertz CT molecular complexity index is 897. The van der Waals surface area contributed by atoms with Gasteiger partial charge in [0.05, 0.1) is 6.04 Å². The highest BCUT2D eigenvalue weighted by molar-refractivity contribution is 6.06. The van der Waals surface area contributed by atoms with Gasteiger partial charge in [0.15, 0.2) is 0 Å². The second-order valence-electron chi connectivity index (χ2n) is 7.33. The minimum atomic E-state index is -0.627. The summed E-state index contributed by atoms with van der Waals surface area (Å²) >= 11 is 0. The monoisotopic (exact) mass is 377 g/mol. The van der Waals surface area contributed by atoms with Crippen LogP contribution in [0.3, 0.4) is 0 Å². The van der Waals surface area contributed by atoms with E-state index < -0.39 is 12.1 Å². The van der Waals surface area contributed by atoms with E-state index in [1.807, 2.05) is 48.5 Å². The minimum absolute atomic E-state index is 0.0710. The number of nitrogens with zero attached hydrogens (tertiary/aromatic N) is 1. The third kappa shape index (κ3) is 3.76. The van der Waals surface area contributed by atoms with Gasteiger partial charge in [-0.2, -0.15) is 0 Å². The van der Waals surface area contributed by atoms with Gasteiger partial charge in [-0.3, -0.25) is 14.5 Å². The molecule has 1 aliphatic carbocycles. The number of carbonyl (C=O) groups is 3. The molecular weight excluding hydrogens is 354 g/mol. The third-order valence-corrected chi connectivity index (χ3v) is 5.40. The molecule has 2 aliphatic rings. The zero-order chi connectivity index (χ0) is 19.5. The molecule has 0 saturated carbocycles. The molecule has 0 spiro atoms. The van der Waals surface area contributed by atoms with E-state index in [-0.39, 0.29) is 24.4 Å². The zero-order valence-corrected chi connectivity index (χ0v) is 15.6. The first-order valence-corrected chi connectivity index (χ1v) is 9.65. The Hall–Kier alpha value is -3.15. The highest BCUT2D eigenvalue weighted by atomic mass is 16.2. The van der Waals surface area contributed by atoms with Crippen LogP contribution in [0.25, 0.3) is 0 Å². The maximum absolute atomic E-state index is 12.6. The fourth-order valence-corrected chi connectivity index (χ4v) is 4.00. The Kier molecular flexibility index (Phi) is 5.10. The van der Waals surface area contributed by atoms with E-state index in [9.17, 15) is 14.4 Å². The van der Waals surface area contributed by atoms with E-state index in [4.69, 9.17) is 0 Å². The number of carbonyl (C=O) groups excluding carboxylic acids is 3. The number of nitrogens with one attached hydrogen (secondary N) is 2. The van der Waals surface area contributed by atoms with Crippen LogP contribution in [-0.2, 0) is 22.4 Å². The van der Waals surface area contributed by atoms with Gasteiger partial charge in [-0.25, -0.2) is 4.79 Å². The Morgan fingerprint density at radius 2 is 1.82 bits per heavy atom. The summed E-state index contributed by atoms with van der Waals surface area (Å²) in [5, 5.41) is 5.68. The van der Waals surface area contributed by atoms with Crippen molar-refractivity contribution < 1.29 is 14.4 Å². The van der Waals surface area contributed by atoms with E-state index in [2.05, 4.69) is 16.7 Å². The minimum Gasteiger partial charge on any atom is -0.348 e. The number of urea groups is 1. The number of imide groups is 1. The molecule has 4 amide bonds. The maximum Gasteiger partial charge on any atom is 0.325 e. The van der Waals surface area contributed by atoms with Crippen LogP contribution < -0.4 is 10.6 Å². The molecule has 28 heavy (non-hydrogen) atoms. The van der Waals surface area contributed by atoms with Crippen LogP contribution in [0, 0.1) is 0 Å². The summed E-state index contributed by atoms with van der Waals surface area (Å²) in [5.41, 5.74) is 3.34. The highest BCUT2D eigenvalue weighted by Gasteiger charge is 2.39. The smallest absolute Gasteiger partial charge is 0.325 e.